The van der Waals surface area contributed by atoms with Crippen LogP contribution in [0.4, 0.5) is 0 Å². The summed E-state index contributed by atoms with van der Waals surface area (Å²) in [7, 11) is 1.58. The van der Waals surface area contributed by atoms with Gasteiger partial charge in [-0.25, -0.2) is 0 Å². The second kappa shape index (κ2) is 8.15. The molecular weight excluding hydrogens is 282 g/mol. The second-order valence-electron chi connectivity index (χ2n) is 5.86. The first-order valence-electron chi connectivity index (χ1n) is 7.88. The third-order valence-electron chi connectivity index (χ3n) is 3.89. The van der Waals surface area contributed by atoms with Crippen LogP contribution in [0.25, 0.3) is 0 Å². The molecule has 0 bridgehead atoms. The van der Waals surface area contributed by atoms with E-state index in [4.69, 9.17) is 14.2 Å². The predicted octanol–water partition coefficient (Wildman–Crippen LogP) is 0.969. The first-order valence-corrected chi connectivity index (χ1v) is 7.88. The number of para-hydroxylation sites is 1. The van der Waals surface area contributed by atoms with E-state index in [2.05, 4.69) is 13.8 Å². The van der Waals surface area contributed by atoms with E-state index in [0.29, 0.717) is 35.9 Å². The molecule has 0 spiro atoms. The molecule has 0 aromatic heterocycles. The Balaban J connectivity index is 1.83. The van der Waals surface area contributed by atoms with Gasteiger partial charge in [0.15, 0.2) is 17.8 Å². The largest absolute Gasteiger partial charge is 0.493 e. The van der Waals surface area contributed by atoms with Crippen molar-refractivity contribution in [1.29, 1.82) is 0 Å². The van der Waals surface area contributed by atoms with E-state index in [1.54, 1.807) is 30.2 Å². The van der Waals surface area contributed by atoms with E-state index in [1.165, 1.54) is 0 Å². The maximum absolute atomic E-state index is 11.1. The van der Waals surface area contributed by atoms with Gasteiger partial charge in [0.1, 0.15) is 25.3 Å². The molecule has 0 radical (unpaired) electrons. The number of ether oxygens (including phenoxy) is 3. The van der Waals surface area contributed by atoms with Gasteiger partial charge in [0.2, 0.25) is 0 Å². The number of nitrogens with one attached hydrogen (secondary N) is 1. The lowest BCUT2D eigenvalue weighted by atomic mass is 10.2. The Kier molecular flexibility index (Phi) is 6.21. The highest BCUT2D eigenvalue weighted by Gasteiger charge is 2.25. The molecule has 5 nitrogen and oxygen atoms in total. The average Bonchev–Trinajstić information content (AvgIpc) is 2.50. The summed E-state index contributed by atoms with van der Waals surface area (Å²) in [6.07, 6.45) is 2.37. The highest BCUT2D eigenvalue weighted by molar-refractivity contribution is 5.81. The molecule has 1 heterocycles. The Labute approximate surface area is 132 Å². The van der Waals surface area contributed by atoms with Crippen LogP contribution in [0.3, 0.4) is 0 Å². The smallest absolute Gasteiger partial charge is 0.171 e. The zero-order valence-electron chi connectivity index (χ0n) is 13.6. The van der Waals surface area contributed by atoms with Crippen molar-refractivity contribution in [3.8, 4) is 11.5 Å². The molecule has 1 saturated heterocycles. The predicted molar refractivity (Wildman–Crippen MR) is 84.1 cm³/mol. The lowest BCUT2D eigenvalue weighted by Crippen LogP contribution is -3.15. The average molecular weight is 308 g/mol. The van der Waals surface area contributed by atoms with Crippen molar-refractivity contribution in [2.24, 2.45) is 0 Å². The van der Waals surface area contributed by atoms with Crippen molar-refractivity contribution in [1.82, 2.24) is 0 Å². The van der Waals surface area contributed by atoms with Crippen molar-refractivity contribution in [2.75, 3.05) is 33.4 Å². The van der Waals surface area contributed by atoms with Gasteiger partial charge in [0.25, 0.3) is 0 Å². The summed E-state index contributed by atoms with van der Waals surface area (Å²) >= 11 is 0. The fourth-order valence-electron chi connectivity index (χ4n) is 3.03. The number of hydrogen-bond donors (Lipinski definition) is 1. The molecule has 1 N–H and O–H groups in total. The van der Waals surface area contributed by atoms with Crippen LogP contribution in [0.15, 0.2) is 18.2 Å². The van der Waals surface area contributed by atoms with Crippen molar-refractivity contribution in [3.63, 3.8) is 0 Å². The molecule has 0 aliphatic carbocycles. The SMILES string of the molecule is COc1cccc(C=O)c1OCCC[NH+]1C[C@H](C)O[C@@H](C)C1. The van der Waals surface area contributed by atoms with E-state index in [1.807, 2.05) is 0 Å². The van der Waals surface area contributed by atoms with Gasteiger partial charge in [-0.2, -0.15) is 0 Å². The molecule has 122 valence electrons. The van der Waals surface area contributed by atoms with Crippen LogP contribution < -0.4 is 14.4 Å². The maximum atomic E-state index is 11.1. The second-order valence-corrected chi connectivity index (χ2v) is 5.86. The highest BCUT2D eigenvalue weighted by Crippen LogP contribution is 2.29. The summed E-state index contributed by atoms with van der Waals surface area (Å²) < 4.78 is 16.8. The number of methoxy groups -OCH3 is 1. The number of quaternary nitrogens is 1. The maximum Gasteiger partial charge on any atom is 0.171 e. The van der Waals surface area contributed by atoms with E-state index >= 15 is 0 Å². The van der Waals surface area contributed by atoms with Gasteiger partial charge >= 0.3 is 0 Å². The zero-order valence-corrected chi connectivity index (χ0v) is 13.6. The summed E-state index contributed by atoms with van der Waals surface area (Å²) in [4.78, 5) is 12.6. The van der Waals surface area contributed by atoms with Gasteiger partial charge in [0, 0.05) is 6.42 Å². The Morgan fingerprint density at radius 2 is 2.05 bits per heavy atom. The lowest BCUT2D eigenvalue weighted by Gasteiger charge is -2.32. The molecule has 1 aromatic rings. The van der Waals surface area contributed by atoms with Crippen LogP contribution in [0.2, 0.25) is 0 Å². The molecule has 0 saturated carbocycles. The van der Waals surface area contributed by atoms with Crippen molar-refractivity contribution < 1.29 is 23.9 Å². The van der Waals surface area contributed by atoms with Gasteiger partial charge in [-0.3, -0.25) is 4.79 Å². The normalized spacial score (nSPS) is 24.8. The van der Waals surface area contributed by atoms with Crippen LogP contribution in [0.5, 0.6) is 11.5 Å². The fraction of sp³-hybridized carbons (Fsp3) is 0.588. The zero-order chi connectivity index (χ0) is 15.9. The Morgan fingerprint density at radius 3 is 2.68 bits per heavy atom. The summed E-state index contributed by atoms with van der Waals surface area (Å²) in [5.41, 5.74) is 0.528. The molecule has 2 rings (SSSR count). The summed E-state index contributed by atoms with van der Waals surface area (Å²) in [5, 5.41) is 0. The molecule has 5 heteroatoms. The van der Waals surface area contributed by atoms with Gasteiger partial charge in [-0.05, 0) is 26.0 Å². The molecule has 0 unspecified atom stereocenters. The number of morpholine rings is 1. The Hall–Kier alpha value is -1.59. The summed E-state index contributed by atoms with van der Waals surface area (Å²) in [6.45, 7) is 7.95. The molecule has 2 atom stereocenters. The molecule has 1 aliphatic heterocycles. The fourth-order valence-corrected chi connectivity index (χ4v) is 3.03. The first-order chi connectivity index (χ1) is 10.6. The van der Waals surface area contributed by atoms with Crippen LogP contribution in [-0.2, 0) is 4.74 Å². The number of carbonyl (C=O) groups is 1. The third kappa shape index (κ3) is 4.45. The topological polar surface area (TPSA) is 49.2 Å². The number of hydrogen-bond acceptors (Lipinski definition) is 4. The van der Waals surface area contributed by atoms with Gasteiger partial charge in [0.05, 0.1) is 25.8 Å². The molecular formula is C17H26NO4+. The lowest BCUT2D eigenvalue weighted by molar-refractivity contribution is -0.915. The Morgan fingerprint density at radius 1 is 1.32 bits per heavy atom. The number of carbonyl (C=O) groups excluding carboxylic acids is 1. The third-order valence-corrected chi connectivity index (χ3v) is 3.89. The minimum absolute atomic E-state index is 0.315. The van der Waals surface area contributed by atoms with E-state index in [9.17, 15) is 4.79 Å². The van der Waals surface area contributed by atoms with Crippen LogP contribution in [-0.4, -0.2) is 51.8 Å². The summed E-state index contributed by atoms with van der Waals surface area (Å²) in [6, 6.07) is 5.33. The minimum atomic E-state index is 0.315. The van der Waals surface area contributed by atoms with E-state index in [-0.39, 0.29) is 0 Å². The van der Waals surface area contributed by atoms with Crippen LogP contribution in [0, 0.1) is 0 Å². The summed E-state index contributed by atoms with van der Waals surface area (Å²) in [5.74, 6) is 1.14. The van der Waals surface area contributed by atoms with Gasteiger partial charge < -0.3 is 19.1 Å². The van der Waals surface area contributed by atoms with E-state index in [0.717, 1.165) is 32.3 Å². The molecule has 1 aliphatic rings. The highest BCUT2D eigenvalue weighted by atomic mass is 16.5. The molecule has 22 heavy (non-hydrogen) atoms. The van der Waals surface area contributed by atoms with Crippen molar-refractivity contribution in [3.05, 3.63) is 23.8 Å². The number of benzene rings is 1. The number of aldehydes is 1. The first kappa shape index (κ1) is 16.8. The Bertz CT molecular complexity index is 482. The van der Waals surface area contributed by atoms with Crippen molar-refractivity contribution >= 4 is 6.29 Å². The van der Waals surface area contributed by atoms with Gasteiger partial charge in [-0.15, -0.1) is 0 Å². The molecule has 0 amide bonds. The molecule has 1 fully saturated rings. The number of rotatable bonds is 7. The van der Waals surface area contributed by atoms with Crippen LogP contribution >= 0.6 is 0 Å². The minimum Gasteiger partial charge on any atom is -0.493 e. The quantitative estimate of drug-likeness (QED) is 0.602. The standard InChI is InChI=1S/C17H25NO4/c1-13-10-18(11-14(2)22-13)8-5-9-21-17-15(12-19)6-4-7-16(17)20-3/h4,6-7,12-14H,5,8-11H2,1-3H3/p+1/t13-,14-/m0/s1. The van der Waals surface area contributed by atoms with Crippen LogP contribution in [0.1, 0.15) is 30.6 Å². The monoisotopic (exact) mass is 308 g/mol. The van der Waals surface area contributed by atoms with E-state index < -0.39 is 0 Å². The molecule has 1 aromatic carbocycles. The van der Waals surface area contributed by atoms with Gasteiger partial charge in [-0.1, -0.05) is 6.07 Å². The van der Waals surface area contributed by atoms with Crippen molar-refractivity contribution in [2.45, 2.75) is 32.5 Å².